The monoisotopic (exact) mass is 249 g/mol. The molecule has 18 heavy (non-hydrogen) atoms. The van der Waals surface area contributed by atoms with E-state index in [-0.39, 0.29) is 12.0 Å². The Morgan fingerprint density at radius 1 is 1.28 bits per heavy atom. The van der Waals surface area contributed by atoms with Crippen LogP contribution in [0.4, 0.5) is 0 Å². The van der Waals surface area contributed by atoms with Crippen molar-refractivity contribution in [2.24, 2.45) is 5.92 Å². The second-order valence-electron chi connectivity index (χ2n) is 4.80. The molecule has 1 aromatic rings. The number of carbonyl (C=O) groups excluding carboxylic acids is 1. The van der Waals surface area contributed by atoms with E-state index in [0.717, 1.165) is 12.1 Å². The molecule has 3 heteroatoms. The lowest BCUT2D eigenvalue weighted by molar-refractivity contribution is -0.145. The molecule has 3 nitrogen and oxygen atoms in total. The van der Waals surface area contributed by atoms with Crippen molar-refractivity contribution in [2.75, 3.05) is 13.2 Å². The van der Waals surface area contributed by atoms with E-state index in [0.29, 0.717) is 18.9 Å². The molecule has 1 atom stereocenters. The molecule has 0 bridgehead atoms. The van der Waals surface area contributed by atoms with E-state index < -0.39 is 0 Å². The summed E-state index contributed by atoms with van der Waals surface area (Å²) in [6.07, 6.45) is 0.673. The molecule has 1 rings (SSSR count). The summed E-state index contributed by atoms with van der Waals surface area (Å²) in [5.41, 5.74) is 1.15. The number of rotatable bonds is 7. The fourth-order valence-corrected chi connectivity index (χ4v) is 1.71. The Labute approximate surface area is 110 Å². The number of esters is 1. The molecule has 0 radical (unpaired) electrons. The number of nitrogens with one attached hydrogen (secondary N) is 1. The number of hydrogen-bond acceptors (Lipinski definition) is 3. The van der Waals surface area contributed by atoms with E-state index in [1.54, 1.807) is 0 Å². The lowest BCUT2D eigenvalue weighted by atomic mass is 10.1. The van der Waals surface area contributed by atoms with Crippen molar-refractivity contribution in [1.29, 1.82) is 0 Å². The Morgan fingerprint density at radius 3 is 2.50 bits per heavy atom. The number of ether oxygens (including phenoxy) is 1. The molecule has 0 aromatic heterocycles. The van der Waals surface area contributed by atoms with Gasteiger partial charge in [-0.1, -0.05) is 44.2 Å². The second kappa shape index (κ2) is 7.88. The Morgan fingerprint density at radius 2 is 1.94 bits per heavy atom. The minimum atomic E-state index is -0.255. The zero-order chi connectivity index (χ0) is 13.4. The van der Waals surface area contributed by atoms with Gasteiger partial charge in [-0.2, -0.15) is 0 Å². The number of benzene rings is 1. The predicted octanol–water partition coefficient (Wildman–Crippen LogP) is 2.41. The summed E-state index contributed by atoms with van der Waals surface area (Å²) in [5.74, 6) is 0.347. The maximum absolute atomic E-state index is 11.9. The third-order valence-corrected chi connectivity index (χ3v) is 2.63. The molecule has 0 aliphatic rings. The van der Waals surface area contributed by atoms with E-state index in [1.807, 2.05) is 37.3 Å². The van der Waals surface area contributed by atoms with Crippen molar-refractivity contribution in [3.63, 3.8) is 0 Å². The maximum Gasteiger partial charge on any atom is 0.323 e. The van der Waals surface area contributed by atoms with E-state index >= 15 is 0 Å². The van der Waals surface area contributed by atoms with Crippen LogP contribution < -0.4 is 5.32 Å². The minimum absolute atomic E-state index is 0.165. The molecule has 0 spiro atoms. The second-order valence-corrected chi connectivity index (χ2v) is 4.80. The quantitative estimate of drug-likeness (QED) is 0.754. The van der Waals surface area contributed by atoms with Gasteiger partial charge in [0.1, 0.15) is 6.04 Å². The van der Waals surface area contributed by atoms with Crippen LogP contribution in [0.2, 0.25) is 0 Å². The maximum atomic E-state index is 11.9. The van der Waals surface area contributed by atoms with Crippen molar-refractivity contribution in [3.05, 3.63) is 35.9 Å². The summed E-state index contributed by atoms with van der Waals surface area (Å²) >= 11 is 0. The van der Waals surface area contributed by atoms with Crippen molar-refractivity contribution in [3.8, 4) is 0 Å². The van der Waals surface area contributed by atoms with Gasteiger partial charge in [-0.05, 0) is 31.4 Å². The van der Waals surface area contributed by atoms with Crippen LogP contribution in [-0.4, -0.2) is 25.2 Å². The highest BCUT2D eigenvalue weighted by Gasteiger charge is 2.19. The van der Waals surface area contributed by atoms with Gasteiger partial charge in [0.05, 0.1) is 6.61 Å². The summed E-state index contributed by atoms with van der Waals surface area (Å²) in [5, 5.41) is 3.28. The van der Waals surface area contributed by atoms with Crippen LogP contribution in [0.5, 0.6) is 0 Å². The third kappa shape index (κ3) is 5.32. The first kappa shape index (κ1) is 14.7. The minimum Gasteiger partial charge on any atom is -0.465 e. The molecule has 0 aliphatic carbocycles. The molecule has 0 saturated carbocycles. The summed E-state index contributed by atoms with van der Waals surface area (Å²) in [6.45, 7) is 7.32. The third-order valence-electron chi connectivity index (χ3n) is 2.63. The Bertz CT molecular complexity index is 349. The van der Waals surface area contributed by atoms with Gasteiger partial charge in [0.25, 0.3) is 0 Å². The average Bonchev–Trinajstić information content (AvgIpc) is 2.35. The van der Waals surface area contributed by atoms with Gasteiger partial charge in [-0.3, -0.25) is 4.79 Å². The van der Waals surface area contributed by atoms with Gasteiger partial charge in [-0.15, -0.1) is 0 Å². The van der Waals surface area contributed by atoms with Crippen LogP contribution in [-0.2, 0) is 16.0 Å². The Kier molecular flexibility index (Phi) is 6.44. The van der Waals surface area contributed by atoms with E-state index in [2.05, 4.69) is 19.2 Å². The van der Waals surface area contributed by atoms with Crippen molar-refractivity contribution in [2.45, 2.75) is 33.2 Å². The van der Waals surface area contributed by atoms with E-state index in [1.165, 1.54) is 0 Å². The standard InChI is InChI=1S/C15H23NO2/c1-4-18-15(17)14(16-11-12(2)3)10-13-8-6-5-7-9-13/h5-9,12,14,16H,4,10-11H2,1-3H3/t14-/m0/s1. The molecule has 0 aliphatic heterocycles. The fourth-order valence-electron chi connectivity index (χ4n) is 1.71. The van der Waals surface area contributed by atoms with Crippen LogP contribution in [0.15, 0.2) is 30.3 Å². The molecule has 100 valence electrons. The molecular formula is C15H23NO2. The predicted molar refractivity (Wildman–Crippen MR) is 73.4 cm³/mol. The van der Waals surface area contributed by atoms with Gasteiger partial charge >= 0.3 is 5.97 Å². The normalized spacial score (nSPS) is 12.4. The topological polar surface area (TPSA) is 38.3 Å². The van der Waals surface area contributed by atoms with Crippen molar-refractivity contribution >= 4 is 5.97 Å². The first-order valence-corrected chi connectivity index (χ1v) is 6.57. The van der Waals surface area contributed by atoms with Crippen LogP contribution in [0, 0.1) is 5.92 Å². The van der Waals surface area contributed by atoms with E-state index in [9.17, 15) is 4.79 Å². The molecule has 1 N–H and O–H groups in total. The molecule has 1 aromatic carbocycles. The fraction of sp³-hybridized carbons (Fsp3) is 0.533. The summed E-state index contributed by atoms with van der Waals surface area (Å²) < 4.78 is 5.11. The van der Waals surface area contributed by atoms with Crippen molar-refractivity contribution < 1.29 is 9.53 Å². The highest BCUT2D eigenvalue weighted by molar-refractivity contribution is 5.76. The Hall–Kier alpha value is -1.35. The van der Waals surface area contributed by atoms with Crippen LogP contribution >= 0.6 is 0 Å². The average molecular weight is 249 g/mol. The molecule has 0 amide bonds. The van der Waals surface area contributed by atoms with Crippen molar-refractivity contribution in [1.82, 2.24) is 5.32 Å². The lowest BCUT2D eigenvalue weighted by Crippen LogP contribution is -2.41. The van der Waals surface area contributed by atoms with Gasteiger partial charge in [0, 0.05) is 0 Å². The van der Waals surface area contributed by atoms with Gasteiger partial charge in [0.2, 0.25) is 0 Å². The molecule has 0 saturated heterocycles. The van der Waals surface area contributed by atoms with Crippen LogP contribution in [0.25, 0.3) is 0 Å². The van der Waals surface area contributed by atoms with Gasteiger partial charge < -0.3 is 10.1 Å². The highest BCUT2D eigenvalue weighted by atomic mass is 16.5. The Balaban J connectivity index is 2.62. The SMILES string of the molecule is CCOC(=O)[C@H](Cc1ccccc1)NCC(C)C. The number of carbonyl (C=O) groups is 1. The molecule has 0 unspecified atom stereocenters. The molecular weight excluding hydrogens is 226 g/mol. The van der Waals surface area contributed by atoms with Crippen LogP contribution in [0.3, 0.4) is 0 Å². The smallest absolute Gasteiger partial charge is 0.323 e. The summed E-state index contributed by atoms with van der Waals surface area (Å²) in [6, 6.07) is 9.76. The first-order valence-electron chi connectivity index (χ1n) is 6.57. The molecule has 0 heterocycles. The summed E-state index contributed by atoms with van der Waals surface area (Å²) in [7, 11) is 0. The lowest BCUT2D eigenvalue weighted by Gasteiger charge is -2.18. The summed E-state index contributed by atoms with van der Waals surface area (Å²) in [4.78, 5) is 11.9. The largest absolute Gasteiger partial charge is 0.465 e. The van der Waals surface area contributed by atoms with Gasteiger partial charge in [-0.25, -0.2) is 0 Å². The zero-order valence-corrected chi connectivity index (χ0v) is 11.5. The zero-order valence-electron chi connectivity index (χ0n) is 11.5. The van der Waals surface area contributed by atoms with Crippen LogP contribution in [0.1, 0.15) is 26.3 Å². The van der Waals surface area contributed by atoms with Gasteiger partial charge in [0.15, 0.2) is 0 Å². The van der Waals surface area contributed by atoms with E-state index in [4.69, 9.17) is 4.74 Å². The highest BCUT2D eigenvalue weighted by Crippen LogP contribution is 2.05. The number of hydrogen-bond donors (Lipinski definition) is 1. The molecule has 0 fully saturated rings. The first-order chi connectivity index (χ1) is 8.63.